The second kappa shape index (κ2) is 5.85. The highest BCUT2D eigenvalue weighted by Gasteiger charge is 2.51. The number of β-lactam (4-membered cyclic amide) rings is 1. The fraction of sp³-hybridized carbons (Fsp3) is 0.267. The molecule has 1 fully saturated rings. The molecule has 5 nitrogen and oxygen atoms in total. The number of rotatable bonds is 4. The number of hydrogen-bond donors (Lipinski definition) is 1. The van der Waals surface area contributed by atoms with Gasteiger partial charge in [-0.2, -0.15) is 0 Å². The van der Waals surface area contributed by atoms with Gasteiger partial charge in [0.25, 0.3) is 0 Å². The summed E-state index contributed by atoms with van der Waals surface area (Å²) in [5.74, 6) is 0.0171. The maximum Gasteiger partial charge on any atom is 0.352 e. The molecule has 1 unspecified atom stereocenters. The molecule has 3 heterocycles. The Kier molecular flexibility index (Phi) is 3.82. The minimum absolute atomic E-state index is 0.0551. The third-order valence-corrected chi connectivity index (χ3v) is 7.37. The molecule has 118 valence electrons. The molecule has 23 heavy (non-hydrogen) atoms. The van der Waals surface area contributed by atoms with Crippen molar-refractivity contribution >= 4 is 57.0 Å². The van der Waals surface area contributed by atoms with Gasteiger partial charge in [0.2, 0.25) is 5.91 Å². The van der Waals surface area contributed by atoms with E-state index in [1.54, 1.807) is 40.9 Å². The fourth-order valence-electron chi connectivity index (χ4n) is 2.71. The number of benzene rings is 1. The molecule has 2 aliphatic rings. The zero-order chi connectivity index (χ0) is 16.0. The molecule has 0 radical (unpaired) electrons. The van der Waals surface area contributed by atoms with Crippen molar-refractivity contribution < 1.29 is 14.7 Å². The molecule has 0 saturated carbocycles. The Balaban J connectivity index is 1.45. The Morgan fingerprint density at radius 2 is 2.26 bits per heavy atom. The molecular formula is C15H12N2O3S3. The summed E-state index contributed by atoms with van der Waals surface area (Å²) in [5, 5.41) is 9.11. The predicted molar refractivity (Wildman–Crippen MR) is 92.6 cm³/mol. The van der Waals surface area contributed by atoms with E-state index in [1.165, 1.54) is 4.90 Å². The van der Waals surface area contributed by atoms with Crippen LogP contribution in [-0.4, -0.2) is 43.7 Å². The van der Waals surface area contributed by atoms with Gasteiger partial charge < -0.3 is 5.11 Å². The molecule has 1 saturated heterocycles. The number of carboxylic acids is 1. The fourth-order valence-corrected chi connectivity index (χ4v) is 6.31. The molecule has 4 rings (SSSR count). The van der Waals surface area contributed by atoms with Gasteiger partial charge in [-0.15, -0.1) is 23.1 Å². The van der Waals surface area contributed by atoms with Gasteiger partial charge in [-0.05, 0) is 18.2 Å². The number of fused-ring (bicyclic) bond motifs is 2. The Hall–Kier alpha value is -1.51. The number of carbonyl (C=O) groups excluding carboxylic acids is 1. The lowest BCUT2D eigenvalue weighted by molar-refractivity contribution is -0.151. The second-order valence-corrected chi connectivity index (χ2v) is 8.64. The molecule has 1 aromatic heterocycles. The average Bonchev–Trinajstić information content (AvgIpc) is 2.96. The second-order valence-electron chi connectivity index (χ2n) is 5.19. The first-order valence-electron chi connectivity index (χ1n) is 7.01. The third-order valence-electron chi connectivity index (χ3n) is 3.84. The van der Waals surface area contributed by atoms with Crippen LogP contribution in [0.1, 0.15) is 0 Å². The number of hydrogen-bond acceptors (Lipinski definition) is 6. The third kappa shape index (κ3) is 2.54. The van der Waals surface area contributed by atoms with Crippen LogP contribution < -0.4 is 0 Å². The van der Waals surface area contributed by atoms with Gasteiger partial charge in [0.1, 0.15) is 5.70 Å². The number of carbonyl (C=O) groups is 2. The predicted octanol–water partition coefficient (Wildman–Crippen LogP) is 2.89. The SMILES string of the molecule is O=C(O)C1=CCS[C@H]2C(CSc3nc4ccccc4s3)C(=O)N12. The Morgan fingerprint density at radius 1 is 1.43 bits per heavy atom. The lowest BCUT2D eigenvalue weighted by atomic mass is 9.99. The monoisotopic (exact) mass is 364 g/mol. The van der Waals surface area contributed by atoms with Crippen molar-refractivity contribution in [2.24, 2.45) is 5.92 Å². The van der Waals surface area contributed by atoms with Gasteiger partial charge in [-0.25, -0.2) is 9.78 Å². The summed E-state index contributed by atoms with van der Waals surface area (Å²) in [7, 11) is 0. The summed E-state index contributed by atoms with van der Waals surface area (Å²) in [5.41, 5.74) is 1.10. The van der Waals surface area contributed by atoms with Crippen molar-refractivity contribution in [3.05, 3.63) is 36.0 Å². The van der Waals surface area contributed by atoms with E-state index in [1.807, 2.05) is 24.3 Å². The topological polar surface area (TPSA) is 70.5 Å². The summed E-state index contributed by atoms with van der Waals surface area (Å²) in [4.78, 5) is 29.4. The smallest absolute Gasteiger partial charge is 0.352 e. The van der Waals surface area contributed by atoms with Crippen LogP contribution in [0.25, 0.3) is 10.2 Å². The number of para-hydroxylation sites is 1. The van der Waals surface area contributed by atoms with Crippen molar-refractivity contribution in [1.29, 1.82) is 0 Å². The van der Waals surface area contributed by atoms with Crippen LogP contribution in [0.3, 0.4) is 0 Å². The van der Waals surface area contributed by atoms with E-state index in [9.17, 15) is 9.59 Å². The normalized spacial score (nSPS) is 23.4. The Morgan fingerprint density at radius 3 is 3.04 bits per heavy atom. The van der Waals surface area contributed by atoms with Gasteiger partial charge in [-0.1, -0.05) is 23.9 Å². The Labute approximate surface area is 144 Å². The lowest BCUT2D eigenvalue weighted by Crippen LogP contribution is -2.61. The number of carboxylic acid groups (broad SMARTS) is 1. The Bertz CT molecular complexity index is 799. The highest BCUT2D eigenvalue weighted by Crippen LogP contribution is 2.44. The zero-order valence-electron chi connectivity index (χ0n) is 11.8. The van der Waals surface area contributed by atoms with Crippen LogP contribution in [0.15, 0.2) is 40.4 Å². The summed E-state index contributed by atoms with van der Waals surface area (Å²) in [6.07, 6.45) is 1.61. The molecule has 1 aromatic carbocycles. The van der Waals surface area contributed by atoms with Crippen molar-refractivity contribution in [3.8, 4) is 0 Å². The van der Waals surface area contributed by atoms with Gasteiger partial charge in [-0.3, -0.25) is 9.69 Å². The molecule has 1 amide bonds. The van der Waals surface area contributed by atoms with Gasteiger partial charge in [0.15, 0.2) is 4.34 Å². The number of nitrogens with zero attached hydrogens (tertiary/aromatic N) is 2. The van der Waals surface area contributed by atoms with Crippen molar-refractivity contribution in [3.63, 3.8) is 0 Å². The molecule has 2 aromatic rings. The van der Waals surface area contributed by atoms with Crippen LogP contribution in [0, 0.1) is 5.92 Å². The van der Waals surface area contributed by atoms with Crippen LogP contribution in [0.5, 0.6) is 0 Å². The van der Waals surface area contributed by atoms with E-state index < -0.39 is 5.97 Å². The number of thioether (sulfide) groups is 2. The lowest BCUT2D eigenvalue weighted by Gasteiger charge is -2.48. The van der Waals surface area contributed by atoms with Crippen molar-refractivity contribution in [2.75, 3.05) is 11.5 Å². The average molecular weight is 364 g/mol. The molecule has 1 N–H and O–H groups in total. The minimum Gasteiger partial charge on any atom is -0.477 e. The largest absolute Gasteiger partial charge is 0.477 e. The van der Waals surface area contributed by atoms with Gasteiger partial charge >= 0.3 is 5.97 Å². The molecule has 0 bridgehead atoms. The summed E-state index contributed by atoms with van der Waals surface area (Å²) in [6.45, 7) is 0. The van der Waals surface area contributed by atoms with E-state index in [0.29, 0.717) is 11.5 Å². The highest BCUT2D eigenvalue weighted by atomic mass is 32.2. The van der Waals surface area contributed by atoms with Crippen molar-refractivity contribution in [1.82, 2.24) is 9.88 Å². The number of amides is 1. The van der Waals surface area contributed by atoms with Crippen LogP contribution >= 0.6 is 34.9 Å². The first-order valence-corrected chi connectivity index (χ1v) is 9.87. The first-order chi connectivity index (χ1) is 11.1. The van der Waals surface area contributed by atoms with E-state index in [4.69, 9.17) is 5.11 Å². The van der Waals surface area contributed by atoms with Gasteiger partial charge in [0.05, 0.1) is 21.5 Å². The van der Waals surface area contributed by atoms with Crippen LogP contribution in [0.4, 0.5) is 0 Å². The molecule has 0 aliphatic carbocycles. The van der Waals surface area contributed by atoms with Gasteiger partial charge in [0, 0.05) is 11.5 Å². The van der Waals surface area contributed by atoms with Crippen LogP contribution in [-0.2, 0) is 9.59 Å². The molecule has 2 aliphatic heterocycles. The maximum atomic E-state index is 12.3. The minimum atomic E-state index is -1.03. The molecular weight excluding hydrogens is 352 g/mol. The number of aromatic nitrogens is 1. The first kappa shape index (κ1) is 15.0. The van der Waals surface area contributed by atoms with Crippen molar-refractivity contribution in [2.45, 2.75) is 9.71 Å². The van der Waals surface area contributed by atoms with E-state index in [0.717, 1.165) is 14.6 Å². The summed E-state index contributed by atoms with van der Waals surface area (Å²) < 4.78 is 2.09. The summed E-state index contributed by atoms with van der Waals surface area (Å²) >= 11 is 4.82. The molecule has 2 atom stereocenters. The molecule has 8 heteroatoms. The maximum absolute atomic E-state index is 12.3. The molecule has 0 spiro atoms. The highest BCUT2D eigenvalue weighted by molar-refractivity contribution is 8.01. The zero-order valence-corrected chi connectivity index (χ0v) is 14.3. The van der Waals surface area contributed by atoms with E-state index in [2.05, 4.69) is 4.98 Å². The number of thiazole rings is 1. The van der Waals surface area contributed by atoms with Crippen LogP contribution in [0.2, 0.25) is 0 Å². The van der Waals surface area contributed by atoms with E-state index in [-0.39, 0.29) is 22.9 Å². The number of aliphatic carboxylic acids is 1. The standard InChI is InChI=1S/C15H12N2O3S3/c18-12-8(13-17(12)10(14(19)20)5-6-21-13)7-22-15-16-9-3-1-2-4-11(9)23-15/h1-5,8,13H,6-7H2,(H,19,20)/t8?,13-/m0/s1. The quantitative estimate of drug-likeness (QED) is 0.664. The summed E-state index contributed by atoms with van der Waals surface area (Å²) in [6, 6.07) is 7.96. The van der Waals surface area contributed by atoms with E-state index >= 15 is 0 Å².